The number of fused-ring (bicyclic) bond motifs is 2. The maximum absolute atomic E-state index is 2.61. The van der Waals surface area contributed by atoms with Crippen LogP contribution >= 0.6 is 24.3 Å². The summed E-state index contributed by atoms with van der Waals surface area (Å²) in [6, 6.07) is 0. The molecule has 4 atom stereocenters. The quantitative estimate of drug-likeness (QED) is 0.293. The van der Waals surface area contributed by atoms with Gasteiger partial charge in [0.05, 0.1) is 4.90 Å². The van der Waals surface area contributed by atoms with E-state index in [1.165, 1.54) is 6.42 Å². The van der Waals surface area contributed by atoms with E-state index >= 15 is 0 Å². The standard InChI is InChI=1S/C22H35P3/c1-19(2,3)17-23-22(21(7,8)9)15-13-10-11-14(12-13)16(15)25(17)18(24-22)20(4,5)6/h10-11,13-16H,12H2,1-9H3/t13-,14+,15+,16-,22?,25?/m0/s1. The molecule has 0 N–H and O–H groups in total. The molecule has 1 saturated carbocycles. The van der Waals surface area contributed by atoms with Crippen LogP contribution in [0, 0.1) is 34.0 Å². The summed E-state index contributed by atoms with van der Waals surface area (Å²) in [7, 11) is 3.35. The Bertz CT molecular complexity index is 658. The second-order valence-electron chi connectivity index (χ2n) is 11.7. The Morgan fingerprint density at radius 2 is 1.32 bits per heavy atom. The van der Waals surface area contributed by atoms with E-state index < -0.39 is 0 Å². The Kier molecular flexibility index (Phi) is 4.00. The van der Waals surface area contributed by atoms with Crippen molar-refractivity contribution in [3.63, 3.8) is 0 Å². The molecule has 5 rings (SSSR count). The Hall–Kier alpha value is 0.510. The average molecular weight is 392 g/mol. The molecule has 1 fully saturated rings. The molecule has 0 nitrogen and oxygen atoms in total. The minimum Gasteiger partial charge on any atom is -0.0847 e. The Morgan fingerprint density at radius 1 is 0.840 bits per heavy atom. The van der Waals surface area contributed by atoms with Gasteiger partial charge >= 0.3 is 0 Å². The second-order valence-corrected chi connectivity index (χ2v) is 17.7. The molecule has 25 heavy (non-hydrogen) atoms. The first-order valence-corrected chi connectivity index (χ1v) is 13.2. The average Bonchev–Trinajstić information content (AvgIpc) is 3.06. The van der Waals surface area contributed by atoms with Crippen molar-refractivity contribution in [2.45, 2.75) is 79.3 Å². The van der Waals surface area contributed by atoms with E-state index in [4.69, 9.17) is 0 Å². The normalized spacial score (nSPS) is 43.8. The largest absolute Gasteiger partial charge is 0.0847 e. The van der Waals surface area contributed by atoms with E-state index in [9.17, 15) is 0 Å². The third-order valence-electron chi connectivity index (χ3n) is 6.64. The highest BCUT2D eigenvalue weighted by molar-refractivity contribution is 8.06. The van der Waals surface area contributed by atoms with Crippen molar-refractivity contribution >= 4 is 34.4 Å². The fraction of sp³-hybridized carbons (Fsp3) is 0.818. The van der Waals surface area contributed by atoms with Crippen LogP contribution in [0.3, 0.4) is 0 Å². The molecule has 0 amide bonds. The summed E-state index contributed by atoms with van der Waals surface area (Å²) in [5.74, 6) is 2.65. The third kappa shape index (κ3) is 2.50. The molecule has 2 aliphatic carbocycles. The van der Waals surface area contributed by atoms with Crippen molar-refractivity contribution in [1.82, 2.24) is 0 Å². The summed E-state index contributed by atoms with van der Waals surface area (Å²) in [6.45, 7) is 22.6. The number of rotatable bonds is 0. The third-order valence-corrected chi connectivity index (χ3v) is 17.1. The van der Waals surface area contributed by atoms with E-state index in [-0.39, 0.29) is 7.92 Å². The summed E-state index contributed by atoms with van der Waals surface area (Å²) < 4.78 is 0. The molecule has 0 aromatic heterocycles. The summed E-state index contributed by atoms with van der Waals surface area (Å²) in [4.78, 5) is 0.421. The van der Waals surface area contributed by atoms with Crippen molar-refractivity contribution < 1.29 is 0 Å². The maximum atomic E-state index is 2.61. The number of hydrogen-bond donors (Lipinski definition) is 0. The van der Waals surface area contributed by atoms with Crippen LogP contribution in [-0.4, -0.2) is 20.6 Å². The van der Waals surface area contributed by atoms with Crippen LogP contribution < -0.4 is 0 Å². The Labute approximate surface area is 160 Å². The summed E-state index contributed by atoms with van der Waals surface area (Å²) in [5, 5.41) is 3.84. The summed E-state index contributed by atoms with van der Waals surface area (Å²) >= 11 is 0. The first kappa shape index (κ1) is 18.9. The molecular weight excluding hydrogens is 357 g/mol. The molecule has 0 spiro atoms. The number of hydrogen-bond acceptors (Lipinski definition) is 0. The predicted molar refractivity (Wildman–Crippen MR) is 120 cm³/mol. The zero-order valence-electron chi connectivity index (χ0n) is 17.5. The monoisotopic (exact) mass is 392 g/mol. The first-order chi connectivity index (χ1) is 11.3. The highest BCUT2D eigenvalue weighted by Gasteiger charge is 2.66. The van der Waals surface area contributed by atoms with E-state index in [1.807, 2.05) is 10.1 Å². The molecular formula is C22H35P3. The lowest BCUT2D eigenvalue weighted by molar-refractivity contribution is 0.252. The molecule has 0 radical (unpaired) electrons. The van der Waals surface area contributed by atoms with Crippen molar-refractivity contribution in [2.75, 3.05) is 0 Å². The number of allylic oxidation sites excluding steroid dienone is 2. The van der Waals surface area contributed by atoms with Gasteiger partial charge in [-0.3, -0.25) is 0 Å². The highest BCUT2D eigenvalue weighted by atomic mass is 31.2. The first-order valence-electron chi connectivity index (χ1n) is 9.96. The minimum atomic E-state index is -0.0832. The van der Waals surface area contributed by atoms with E-state index in [0.29, 0.717) is 21.1 Å². The predicted octanol–water partition coefficient (Wildman–Crippen LogP) is 7.67. The van der Waals surface area contributed by atoms with Crippen LogP contribution in [0.5, 0.6) is 0 Å². The van der Waals surface area contributed by atoms with Gasteiger partial charge in [-0.05, 0) is 64.1 Å². The van der Waals surface area contributed by atoms with Crippen LogP contribution in [-0.2, 0) is 0 Å². The van der Waals surface area contributed by atoms with Crippen molar-refractivity contribution in [3.8, 4) is 0 Å². The van der Waals surface area contributed by atoms with E-state index in [1.54, 1.807) is 16.4 Å². The van der Waals surface area contributed by atoms with Crippen LogP contribution in [0.25, 0.3) is 0 Å². The van der Waals surface area contributed by atoms with Gasteiger partial charge in [0, 0.05) is 0 Å². The molecule has 4 bridgehead atoms. The fourth-order valence-electron chi connectivity index (χ4n) is 5.57. The maximum Gasteiger partial charge on any atom is 0.0631 e. The van der Waals surface area contributed by atoms with Gasteiger partial charge < -0.3 is 0 Å². The Balaban J connectivity index is 2.02. The van der Waals surface area contributed by atoms with Gasteiger partial charge in [-0.1, -0.05) is 90.9 Å². The second kappa shape index (κ2) is 5.31. The molecule has 0 aromatic carbocycles. The molecule has 3 heterocycles. The van der Waals surface area contributed by atoms with Gasteiger partial charge in [0.1, 0.15) is 0 Å². The van der Waals surface area contributed by atoms with E-state index in [2.05, 4.69) is 74.5 Å². The lowest BCUT2D eigenvalue weighted by Crippen LogP contribution is -2.54. The van der Waals surface area contributed by atoms with Gasteiger partial charge in [-0.15, -0.1) is 0 Å². The summed E-state index contributed by atoms with van der Waals surface area (Å²) in [5.41, 5.74) is 1.97. The zero-order chi connectivity index (χ0) is 18.6. The van der Waals surface area contributed by atoms with Crippen LogP contribution in [0.4, 0.5) is 0 Å². The molecule has 0 saturated heterocycles. The minimum absolute atomic E-state index is 0.0832. The highest BCUT2D eigenvalue weighted by Crippen LogP contribution is 2.81. The smallest absolute Gasteiger partial charge is 0.0631 e. The fourth-order valence-corrected chi connectivity index (χ4v) is 17.1. The van der Waals surface area contributed by atoms with Gasteiger partial charge in [0.25, 0.3) is 0 Å². The van der Waals surface area contributed by atoms with Crippen molar-refractivity contribution in [1.29, 1.82) is 0 Å². The molecule has 0 unspecified atom stereocenters. The van der Waals surface area contributed by atoms with Crippen LogP contribution in [0.2, 0.25) is 0 Å². The molecule has 0 aromatic rings. The van der Waals surface area contributed by atoms with Crippen LogP contribution in [0.1, 0.15) is 68.7 Å². The molecule has 3 aliphatic heterocycles. The molecule has 138 valence electrons. The van der Waals surface area contributed by atoms with Crippen LogP contribution in [0.15, 0.2) is 12.2 Å². The zero-order valence-corrected chi connectivity index (χ0v) is 20.2. The Morgan fingerprint density at radius 3 is 1.76 bits per heavy atom. The van der Waals surface area contributed by atoms with Crippen molar-refractivity contribution in [3.05, 3.63) is 12.2 Å². The van der Waals surface area contributed by atoms with Gasteiger partial charge in [0.15, 0.2) is 0 Å². The van der Waals surface area contributed by atoms with Gasteiger partial charge in [0.2, 0.25) is 0 Å². The molecule has 3 heteroatoms. The SMILES string of the molecule is CC(C)(C)C1=PC2(C(C)(C)C)P=C(C(C)(C)C)P1[C@@H]1[C@H]2[C@H]2C=C[C@@H]1C2. The molecule has 5 aliphatic rings. The summed E-state index contributed by atoms with van der Waals surface area (Å²) in [6.07, 6.45) is 6.67. The lowest BCUT2D eigenvalue weighted by atomic mass is 9.77. The van der Waals surface area contributed by atoms with Gasteiger partial charge in [-0.2, -0.15) is 0 Å². The van der Waals surface area contributed by atoms with Gasteiger partial charge in [-0.25, -0.2) is 0 Å². The topological polar surface area (TPSA) is 0 Å². The van der Waals surface area contributed by atoms with E-state index in [0.717, 1.165) is 23.4 Å². The lowest BCUT2D eigenvalue weighted by Gasteiger charge is -2.61. The van der Waals surface area contributed by atoms with Crippen molar-refractivity contribution in [2.24, 2.45) is 34.0 Å².